The van der Waals surface area contributed by atoms with E-state index < -0.39 is 0 Å². The Labute approximate surface area is 98.1 Å². The molecule has 0 amide bonds. The summed E-state index contributed by atoms with van der Waals surface area (Å²) in [7, 11) is -0.300. The van der Waals surface area contributed by atoms with E-state index in [1.54, 1.807) is 0 Å². The van der Waals surface area contributed by atoms with E-state index in [-0.39, 0.29) is 17.6 Å². The van der Waals surface area contributed by atoms with Crippen LogP contribution in [0.3, 0.4) is 0 Å². The molecule has 16 heavy (non-hydrogen) atoms. The molecule has 0 aromatic heterocycles. The van der Waals surface area contributed by atoms with Gasteiger partial charge in [-0.1, -0.05) is 48.5 Å². The van der Waals surface area contributed by atoms with Gasteiger partial charge in [0.25, 0.3) is 0 Å². The Hall–Kier alpha value is -0.780. The summed E-state index contributed by atoms with van der Waals surface area (Å²) in [5, 5.41) is 1.88. The van der Waals surface area contributed by atoms with Crippen LogP contribution in [-0.2, 0) is 0 Å². The van der Waals surface area contributed by atoms with Crippen molar-refractivity contribution in [2.75, 3.05) is 0 Å². The lowest BCUT2D eigenvalue weighted by atomic mass is 10.1. The van der Waals surface area contributed by atoms with E-state index in [0.717, 1.165) is 21.7 Å². The Kier molecular flexibility index (Phi) is 4.04. The average Bonchev–Trinajstić information content (AvgIpc) is 2.39. The summed E-state index contributed by atoms with van der Waals surface area (Å²) in [6.45, 7) is 0. The first-order chi connectivity index (χ1) is 7.83. The molecule has 0 heterocycles. The summed E-state index contributed by atoms with van der Waals surface area (Å²) in [4.78, 5) is 17.9. The Balaban J connectivity index is 2.28. The van der Waals surface area contributed by atoms with Crippen molar-refractivity contribution in [1.29, 1.82) is 0 Å². The normalized spacial score (nSPS) is 11.9. The summed E-state index contributed by atoms with van der Waals surface area (Å²) >= 11 is 0. The molecule has 0 aliphatic rings. The van der Waals surface area contributed by atoms with Crippen molar-refractivity contribution in [3.05, 3.63) is 48.5 Å². The van der Waals surface area contributed by atoms with Gasteiger partial charge in [0, 0.05) is 17.6 Å². The fraction of sp³-hybridized carbons (Fsp3) is 0. The van der Waals surface area contributed by atoms with Gasteiger partial charge in [0.2, 0.25) is 0 Å². The molecule has 0 saturated carbocycles. The first kappa shape index (κ1) is 11.7. The molecule has 0 bridgehead atoms. The van der Waals surface area contributed by atoms with E-state index in [9.17, 15) is 0 Å². The largest absolute Gasteiger partial charge is 0.372 e. The van der Waals surface area contributed by atoms with E-state index >= 15 is 0 Å². The van der Waals surface area contributed by atoms with Gasteiger partial charge in [0.15, 0.2) is 0 Å². The zero-order chi connectivity index (χ0) is 11.4. The fourth-order valence-electron chi connectivity index (χ4n) is 1.47. The minimum absolute atomic E-state index is 0.150. The lowest BCUT2D eigenvalue weighted by molar-refractivity contribution is 0.654. The van der Waals surface area contributed by atoms with Crippen LogP contribution >= 0.6 is 17.6 Å². The Morgan fingerprint density at radius 2 is 0.875 bits per heavy atom. The average molecular weight is 250 g/mol. The van der Waals surface area contributed by atoms with Crippen LogP contribution in [0.25, 0.3) is 11.1 Å². The topological polar surface area (TPSA) is 40.5 Å². The van der Waals surface area contributed by atoms with E-state index in [0.29, 0.717) is 0 Å². The summed E-state index contributed by atoms with van der Waals surface area (Å²) in [5.74, 6) is 0. The molecular formula is C12H12O2P2. The first-order valence-corrected chi connectivity index (χ1v) is 6.73. The maximum Gasteiger partial charge on any atom is 0.0420 e. The molecule has 2 N–H and O–H groups in total. The van der Waals surface area contributed by atoms with Gasteiger partial charge in [-0.15, -0.1) is 0 Å². The number of hydrogen-bond donors (Lipinski definition) is 2. The monoisotopic (exact) mass is 250 g/mol. The van der Waals surface area contributed by atoms with Gasteiger partial charge in [0.05, 0.1) is 0 Å². The van der Waals surface area contributed by atoms with Crippen molar-refractivity contribution in [2.24, 2.45) is 0 Å². The van der Waals surface area contributed by atoms with Crippen molar-refractivity contribution in [3.8, 4) is 11.1 Å². The Morgan fingerprint density at radius 3 is 1.12 bits per heavy atom. The quantitative estimate of drug-likeness (QED) is 0.815. The predicted octanol–water partition coefficient (Wildman–Crippen LogP) is 1.78. The maximum atomic E-state index is 8.97. The van der Waals surface area contributed by atoms with Crippen LogP contribution in [0.15, 0.2) is 48.5 Å². The Morgan fingerprint density at radius 1 is 0.562 bits per heavy atom. The van der Waals surface area contributed by atoms with Crippen molar-refractivity contribution in [1.82, 2.24) is 0 Å². The zero-order valence-electron chi connectivity index (χ0n) is 8.51. The third-order valence-corrected chi connectivity index (χ3v) is 3.54. The van der Waals surface area contributed by atoms with E-state index in [1.165, 1.54) is 0 Å². The molecule has 2 unspecified atom stereocenters. The standard InChI is InChI=1S/C12H12O2P2/c13-15-11-5-1-9(2-6-11)10-3-7-12(16-14)8-4-10/h1-8,13-16H. The van der Waals surface area contributed by atoms with Gasteiger partial charge in [-0.3, -0.25) is 0 Å². The molecule has 2 aromatic carbocycles. The molecular weight excluding hydrogens is 238 g/mol. The highest BCUT2D eigenvalue weighted by molar-refractivity contribution is 7.41. The van der Waals surface area contributed by atoms with Gasteiger partial charge < -0.3 is 9.79 Å². The first-order valence-electron chi connectivity index (χ1n) is 4.84. The van der Waals surface area contributed by atoms with Crippen LogP contribution in [0.2, 0.25) is 0 Å². The predicted molar refractivity (Wildman–Crippen MR) is 72.2 cm³/mol. The highest BCUT2D eigenvalue weighted by atomic mass is 31.1. The minimum Gasteiger partial charge on any atom is -0.372 e. The van der Waals surface area contributed by atoms with Crippen molar-refractivity contribution >= 4 is 28.2 Å². The molecule has 2 aromatic rings. The Bertz CT molecular complexity index is 406. The second kappa shape index (κ2) is 5.52. The summed E-state index contributed by atoms with van der Waals surface area (Å²) < 4.78 is 0. The van der Waals surface area contributed by atoms with Gasteiger partial charge in [0.1, 0.15) is 0 Å². The van der Waals surface area contributed by atoms with E-state index in [2.05, 4.69) is 0 Å². The summed E-state index contributed by atoms with van der Waals surface area (Å²) in [6.07, 6.45) is 0. The minimum atomic E-state index is -0.150. The number of hydrogen-bond acceptors (Lipinski definition) is 2. The smallest absolute Gasteiger partial charge is 0.0420 e. The van der Waals surface area contributed by atoms with Crippen LogP contribution < -0.4 is 10.6 Å². The second-order valence-electron chi connectivity index (χ2n) is 3.38. The molecule has 0 spiro atoms. The van der Waals surface area contributed by atoms with Crippen LogP contribution in [0.4, 0.5) is 0 Å². The van der Waals surface area contributed by atoms with Crippen LogP contribution in [0, 0.1) is 0 Å². The van der Waals surface area contributed by atoms with Crippen molar-refractivity contribution < 1.29 is 9.79 Å². The number of benzene rings is 2. The molecule has 0 radical (unpaired) electrons. The van der Waals surface area contributed by atoms with E-state index in [1.807, 2.05) is 48.5 Å². The van der Waals surface area contributed by atoms with Crippen LogP contribution in [-0.4, -0.2) is 9.79 Å². The molecule has 2 rings (SSSR count). The fourth-order valence-corrected chi connectivity index (χ4v) is 2.11. The third kappa shape index (κ3) is 2.66. The van der Waals surface area contributed by atoms with Gasteiger partial charge in [-0.25, -0.2) is 0 Å². The zero-order valence-corrected chi connectivity index (χ0v) is 10.5. The molecule has 0 fully saturated rings. The summed E-state index contributed by atoms with van der Waals surface area (Å²) in [6, 6.07) is 15.7. The molecule has 2 nitrogen and oxygen atoms in total. The molecule has 2 atom stereocenters. The maximum absolute atomic E-state index is 8.97. The number of rotatable bonds is 3. The molecule has 0 aliphatic heterocycles. The van der Waals surface area contributed by atoms with Crippen LogP contribution in [0.5, 0.6) is 0 Å². The molecule has 0 aliphatic carbocycles. The van der Waals surface area contributed by atoms with E-state index in [4.69, 9.17) is 9.79 Å². The summed E-state index contributed by atoms with van der Waals surface area (Å²) in [5.41, 5.74) is 2.24. The van der Waals surface area contributed by atoms with Crippen LogP contribution in [0.1, 0.15) is 0 Å². The highest BCUT2D eigenvalue weighted by Gasteiger charge is 1.98. The lowest BCUT2D eigenvalue weighted by Gasteiger charge is -2.03. The third-order valence-electron chi connectivity index (χ3n) is 2.36. The lowest BCUT2D eigenvalue weighted by Crippen LogP contribution is -1.94. The van der Waals surface area contributed by atoms with Crippen molar-refractivity contribution in [2.45, 2.75) is 0 Å². The molecule has 4 heteroatoms. The molecule has 82 valence electrons. The van der Waals surface area contributed by atoms with Gasteiger partial charge in [-0.05, 0) is 21.7 Å². The highest BCUT2D eigenvalue weighted by Crippen LogP contribution is 2.19. The SMILES string of the molecule is OPc1ccc(-c2ccc(PO)cc2)cc1. The molecule has 0 saturated heterocycles. The van der Waals surface area contributed by atoms with Gasteiger partial charge in [-0.2, -0.15) is 0 Å². The second-order valence-corrected chi connectivity index (χ2v) is 4.98. The van der Waals surface area contributed by atoms with Crippen molar-refractivity contribution in [3.63, 3.8) is 0 Å². The van der Waals surface area contributed by atoms with Gasteiger partial charge >= 0.3 is 0 Å².